The SMILES string of the molecule is CCCCCCCCCCCCCCCCCCCCCCCCCCCCC/C=C/CC/C=C/C(O)C(CO)NC(=O)CCCCCC. The molecule has 0 saturated carbocycles. The van der Waals surface area contributed by atoms with Gasteiger partial charge in [-0.2, -0.15) is 0 Å². The number of aliphatic hydroxyl groups excluding tert-OH is 2. The zero-order valence-corrected chi connectivity index (χ0v) is 33.2. The van der Waals surface area contributed by atoms with E-state index in [0.717, 1.165) is 44.9 Å². The molecule has 3 N–H and O–H groups in total. The molecular formula is C45H87NO3. The Morgan fingerprint density at radius 3 is 1.18 bits per heavy atom. The van der Waals surface area contributed by atoms with Crippen LogP contribution in [-0.2, 0) is 4.79 Å². The summed E-state index contributed by atoms with van der Waals surface area (Å²) in [6.45, 7) is 4.19. The molecule has 0 saturated heterocycles. The molecule has 1 amide bonds. The highest BCUT2D eigenvalue weighted by molar-refractivity contribution is 5.76. The number of nitrogens with one attached hydrogen (secondary N) is 1. The Labute approximate surface area is 307 Å². The van der Waals surface area contributed by atoms with Gasteiger partial charge in [0.15, 0.2) is 0 Å². The molecule has 49 heavy (non-hydrogen) atoms. The third kappa shape index (κ3) is 37.9. The zero-order valence-electron chi connectivity index (χ0n) is 33.2. The van der Waals surface area contributed by atoms with Gasteiger partial charge in [0.2, 0.25) is 5.91 Å². The lowest BCUT2D eigenvalue weighted by molar-refractivity contribution is -0.123. The van der Waals surface area contributed by atoms with Crippen LogP contribution in [0.5, 0.6) is 0 Å². The predicted octanol–water partition coefficient (Wildman–Crippen LogP) is 13.6. The summed E-state index contributed by atoms with van der Waals surface area (Å²) in [4.78, 5) is 12.0. The highest BCUT2D eigenvalue weighted by Crippen LogP contribution is 2.16. The molecule has 2 unspecified atom stereocenters. The lowest BCUT2D eigenvalue weighted by Crippen LogP contribution is -2.45. The van der Waals surface area contributed by atoms with Crippen molar-refractivity contribution in [2.45, 2.75) is 251 Å². The van der Waals surface area contributed by atoms with E-state index in [4.69, 9.17) is 0 Å². The smallest absolute Gasteiger partial charge is 0.220 e. The van der Waals surface area contributed by atoms with Crippen molar-refractivity contribution in [1.82, 2.24) is 5.32 Å². The van der Waals surface area contributed by atoms with Gasteiger partial charge < -0.3 is 15.5 Å². The first-order chi connectivity index (χ1) is 24.2. The zero-order chi connectivity index (χ0) is 35.7. The normalized spacial score (nSPS) is 13.1. The fourth-order valence-corrected chi connectivity index (χ4v) is 6.78. The first-order valence-electron chi connectivity index (χ1n) is 22.1. The maximum Gasteiger partial charge on any atom is 0.220 e. The average molecular weight is 690 g/mol. The molecule has 0 aromatic carbocycles. The van der Waals surface area contributed by atoms with E-state index in [2.05, 4.69) is 31.3 Å². The number of rotatable bonds is 40. The Hall–Kier alpha value is -1.13. The summed E-state index contributed by atoms with van der Waals surface area (Å²) >= 11 is 0. The summed E-state index contributed by atoms with van der Waals surface area (Å²) in [5.41, 5.74) is 0. The lowest BCUT2D eigenvalue weighted by Gasteiger charge is -2.19. The molecule has 0 rings (SSSR count). The van der Waals surface area contributed by atoms with Crippen LogP contribution in [0.1, 0.15) is 239 Å². The second-order valence-corrected chi connectivity index (χ2v) is 15.1. The minimum atomic E-state index is -0.855. The van der Waals surface area contributed by atoms with Gasteiger partial charge in [0.05, 0.1) is 18.8 Å². The van der Waals surface area contributed by atoms with Crippen molar-refractivity contribution in [2.24, 2.45) is 0 Å². The van der Waals surface area contributed by atoms with Crippen molar-refractivity contribution in [1.29, 1.82) is 0 Å². The Morgan fingerprint density at radius 1 is 0.469 bits per heavy atom. The molecule has 0 aliphatic rings. The van der Waals surface area contributed by atoms with Gasteiger partial charge in [-0.1, -0.05) is 224 Å². The Bertz CT molecular complexity index is 705. The number of unbranched alkanes of at least 4 members (excludes halogenated alkanes) is 31. The Kier molecular flexibility index (Phi) is 40.3. The van der Waals surface area contributed by atoms with E-state index in [1.165, 1.54) is 173 Å². The molecule has 0 aromatic rings. The number of hydrogen-bond acceptors (Lipinski definition) is 3. The van der Waals surface area contributed by atoms with Gasteiger partial charge in [0.25, 0.3) is 0 Å². The number of allylic oxidation sites excluding steroid dienone is 3. The first kappa shape index (κ1) is 47.9. The third-order valence-corrected chi connectivity index (χ3v) is 10.2. The van der Waals surface area contributed by atoms with Crippen LogP contribution < -0.4 is 5.32 Å². The summed E-state index contributed by atoms with van der Waals surface area (Å²) in [6.07, 6.45) is 53.7. The van der Waals surface area contributed by atoms with Gasteiger partial charge in [-0.05, 0) is 32.1 Å². The summed E-state index contributed by atoms with van der Waals surface area (Å²) in [5.74, 6) is -0.0910. The second-order valence-electron chi connectivity index (χ2n) is 15.1. The van der Waals surface area contributed by atoms with E-state index in [1.807, 2.05) is 6.08 Å². The number of aliphatic hydroxyl groups is 2. The standard InChI is InChI=1S/C45H87NO3/c1-3-5-7-9-10-11-12-13-14-15-16-17-18-19-20-21-22-23-24-25-26-27-28-29-30-31-32-33-34-35-36-37-38-40-44(48)43(42-47)46-45(49)41-39-8-6-4-2/h34-35,38,40,43-44,47-48H,3-33,36-37,39,41-42H2,1-2H3,(H,46,49)/b35-34+,40-38+. The number of amides is 1. The molecule has 2 atom stereocenters. The molecule has 0 bridgehead atoms. The van der Waals surface area contributed by atoms with Gasteiger partial charge in [0.1, 0.15) is 0 Å². The maximum absolute atomic E-state index is 12.0. The van der Waals surface area contributed by atoms with Crippen LogP contribution in [-0.4, -0.2) is 34.9 Å². The summed E-state index contributed by atoms with van der Waals surface area (Å²) < 4.78 is 0. The number of carbonyl (C=O) groups excluding carboxylic acids is 1. The minimum Gasteiger partial charge on any atom is -0.394 e. The third-order valence-electron chi connectivity index (χ3n) is 10.2. The molecule has 0 heterocycles. The Balaban J connectivity index is 3.36. The van der Waals surface area contributed by atoms with Crippen molar-refractivity contribution in [3.8, 4) is 0 Å². The van der Waals surface area contributed by atoms with E-state index < -0.39 is 12.1 Å². The summed E-state index contributed by atoms with van der Waals surface area (Å²) in [6, 6.07) is -0.631. The van der Waals surface area contributed by atoms with Crippen molar-refractivity contribution >= 4 is 5.91 Å². The Morgan fingerprint density at radius 2 is 0.796 bits per heavy atom. The molecule has 0 fully saturated rings. The van der Waals surface area contributed by atoms with Crippen LogP contribution in [0.4, 0.5) is 0 Å². The number of hydrogen-bond donors (Lipinski definition) is 3. The minimum absolute atomic E-state index is 0.0910. The van der Waals surface area contributed by atoms with Crippen molar-refractivity contribution in [3.05, 3.63) is 24.3 Å². The van der Waals surface area contributed by atoms with E-state index in [1.54, 1.807) is 6.08 Å². The topological polar surface area (TPSA) is 69.6 Å². The van der Waals surface area contributed by atoms with Crippen molar-refractivity contribution in [3.63, 3.8) is 0 Å². The summed E-state index contributed by atoms with van der Waals surface area (Å²) in [5, 5.41) is 22.6. The second kappa shape index (κ2) is 41.3. The predicted molar refractivity (Wildman–Crippen MR) is 216 cm³/mol. The van der Waals surface area contributed by atoms with Gasteiger partial charge in [-0.3, -0.25) is 4.79 Å². The molecule has 4 heteroatoms. The molecule has 0 radical (unpaired) electrons. The number of carbonyl (C=O) groups is 1. The fraction of sp³-hybridized carbons (Fsp3) is 0.889. The molecule has 0 aliphatic heterocycles. The molecule has 0 aromatic heterocycles. The van der Waals surface area contributed by atoms with Crippen LogP contribution in [0.15, 0.2) is 24.3 Å². The highest BCUT2D eigenvalue weighted by Gasteiger charge is 2.17. The highest BCUT2D eigenvalue weighted by atomic mass is 16.3. The average Bonchev–Trinajstić information content (AvgIpc) is 3.11. The van der Waals surface area contributed by atoms with Crippen LogP contribution >= 0.6 is 0 Å². The largest absolute Gasteiger partial charge is 0.394 e. The van der Waals surface area contributed by atoms with Crippen LogP contribution in [0.25, 0.3) is 0 Å². The quantitative estimate of drug-likeness (QED) is 0.0443. The maximum atomic E-state index is 12.0. The monoisotopic (exact) mass is 690 g/mol. The van der Waals surface area contributed by atoms with Crippen LogP contribution in [0.2, 0.25) is 0 Å². The van der Waals surface area contributed by atoms with Crippen LogP contribution in [0.3, 0.4) is 0 Å². The van der Waals surface area contributed by atoms with E-state index >= 15 is 0 Å². The van der Waals surface area contributed by atoms with Gasteiger partial charge >= 0.3 is 0 Å². The van der Waals surface area contributed by atoms with E-state index in [-0.39, 0.29) is 12.5 Å². The molecule has 0 spiro atoms. The molecule has 0 aliphatic carbocycles. The van der Waals surface area contributed by atoms with Gasteiger partial charge in [-0.15, -0.1) is 0 Å². The van der Waals surface area contributed by atoms with Crippen LogP contribution in [0, 0.1) is 0 Å². The molecular weight excluding hydrogens is 602 g/mol. The molecule has 290 valence electrons. The van der Waals surface area contributed by atoms with Crippen molar-refractivity contribution < 1.29 is 15.0 Å². The molecule has 4 nitrogen and oxygen atoms in total. The van der Waals surface area contributed by atoms with Gasteiger partial charge in [-0.25, -0.2) is 0 Å². The lowest BCUT2D eigenvalue weighted by atomic mass is 10.0. The van der Waals surface area contributed by atoms with Crippen molar-refractivity contribution in [2.75, 3.05) is 6.61 Å². The summed E-state index contributed by atoms with van der Waals surface area (Å²) in [7, 11) is 0. The first-order valence-corrected chi connectivity index (χ1v) is 22.1. The van der Waals surface area contributed by atoms with E-state index in [9.17, 15) is 15.0 Å². The fourth-order valence-electron chi connectivity index (χ4n) is 6.78. The van der Waals surface area contributed by atoms with Gasteiger partial charge in [0, 0.05) is 6.42 Å². The van der Waals surface area contributed by atoms with E-state index in [0.29, 0.717) is 6.42 Å².